The highest BCUT2D eigenvalue weighted by Gasteiger charge is 1.82. The van der Waals surface area contributed by atoms with E-state index in [2.05, 4.69) is 21.5 Å². The van der Waals surface area contributed by atoms with Gasteiger partial charge in [-0.2, -0.15) is 8.42 Å². The molecule has 3 N–H and O–H groups in total. The molecule has 0 spiro atoms. The van der Waals surface area contributed by atoms with Crippen LogP contribution in [0.3, 0.4) is 0 Å². The maximum Gasteiger partial charge on any atom is 0.330 e. The third-order valence-corrected chi connectivity index (χ3v) is 0.348. The van der Waals surface area contributed by atoms with Crippen molar-refractivity contribution in [1.29, 1.82) is 0 Å². The molecule has 0 aromatic rings. The predicted octanol–water partition coefficient (Wildman–Crippen LogP) is 0.172. The quantitative estimate of drug-likeness (QED) is 0.383. The van der Waals surface area contributed by atoms with Gasteiger partial charge in [0.05, 0.1) is 6.61 Å². The van der Waals surface area contributed by atoms with E-state index >= 15 is 0 Å². The van der Waals surface area contributed by atoms with Crippen molar-refractivity contribution >= 4 is 27.9 Å². The minimum Gasteiger partial charge on any atom is -0.466 e. The first-order chi connectivity index (χ1) is 5.77. The fraction of sp³-hybridized carbons (Fsp3) is 0.800. The van der Waals surface area contributed by atoms with Crippen molar-refractivity contribution in [2.75, 3.05) is 13.0 Å². The van der Waals surface area contributed by atoms with Crippen molar-refractivity contribution in [1.82, 2.24) is 0 Å². The maximum absolute atomic E-state index is 9.82. The van der Waals surface area contributed by atoms with Gasteiger partial charge in [-0.05, 0) is 6.92 Å². The molecule has 0 aliphatic heterocycles. The third-order valence-electron chi connectivity index (χ3n) is 0.348. The largest absolute Gasteiger partial charge is 0.466 e. The molecule has 0 bridgehead atoms. The highest BCUT2D eigenvalue weighted by atomic mass is 35.5. The number of ether oxygens (including phenoxy) is 1. The van der Waals surface area contributed by atoms with Gasteiger partial charge in [-0.1, -0.05) is 0 Å². The van der Waals surface area contributed by atoms with Gasteiger partial charge in [-0.15, -0.1) is 11.6 Å². The fourth-order valence-corrected chi connectivity index (χ4v) is 0.203. The molecule has 0 fully saturated rings. The number of carbonyl (C=O) groups excluding carboxylic acids is 1. The van der Waals surface area contributed by atoms with Crippen molar-refractivity contribution in [2.24, 2.45) is 5.14 Å². The van der Waals surface area contributed by atoms with Gasteiger partial charge in [0.2, 0.25) is 0 Å². The highest BCUT2D eigenvalue weighted by molar-refractivity contribution is 7.83. The summed E-state index contributed by atoms with van der Waals surface area (Å²) in [5.74, 6) is -0.211. The molecule has 0 aliphatic carbocycles. The fourth-order valence-electron chi connectivity index (χ4n) is 0.203. The van der Waals surface area contributed by atoms with Crippen molar-refractivity contribution in [3.05, 3.63) is 0 Å². The summed E-state index contributed by atoms with van der Waals surface area (Å²) in [4.78, 5) is 9.82. The van der Waals surface area contributed by atoms with E-state index in [9.17, 15) is 4.79 Å². The van der Waals surface area contributed by atoms with Crippen LogP contribution in [0.1, 0.15) is 13.8 Å². The van der Waals surface area contributed by atoms with E-state index < -0.39 is 10.3 Å². The standard InChI is InChI=1S/C4H8O2.CH3Cl.H3NO3S/c1-3-6-4(2)5;1-2;1-5(2,3)4/h3H2,1-2H3;1H3;(H3,1,2,3,4). The Labute approximate surface area is 82.9 Å². The minimum atomic E-state index is -4.17. The number of esters is 1. The second kappa shape index (κ2) is 11.6. The van der Waals surface area contributed by atoms with E-state index in [0.717, 1.165) is 0 Å². The second-order valence-corrected chi connectivity index (χ2v) is 2.47. The Morgan fingerprint density at radius 1 is 1.54 bits per heavy atom. The molecule has 0 aliphatic rings. The van der Waals surface area contributed by atoms with Crippen LogP contribution >= 0.6 is 11.6 Å². The van der Waals surface area contributed by atoms with Gasteiger partial charge in [0.25, 0.3) is 0 Å². The van der Waals surface area contributed by atoms with Crippen LogP contribution in [-0.2, 0) is 19.8 Å². The van der Waals surface area contributed by atoms with Crippen LogP contribution in [0, 0.1) is 0 Å². The lowest BCUT2D eigenvalue weighted by molar-refractivity contribution is -0.140. The summed E-state index contributed by atoms with van der Waals surface area (Å²) in [7, 11) is -4.17. The molecule has 13 heavy (non-hydrogen) atoms. The summed E-state index contributed by atoms with van der Waals surface area (Å²) in [6, 6.07) is 0. The van der Waals surface area contributed by atoms with E-state index in [-0.39, 0.29) is 5.97 Å². The third kappa shape index (κ3) is 156. The SMILES string of the molecule is CCOC(C)=O.CCl.NS(=O)(=O)O. The zero-order valence-corrected chi connectivity index (χ0v) is 9.22. The number of carbonyl (C=O) groups is 1. The van der Waals surface area contributed by atoms with Crippen LogP contribution in [0.25, 0.3) is 0 Å². The number of alkyl halides is 1. The Balaban J connectivity index is -0.000000131. The van der Waals surface area contributed by atoms with Crippen LogP contribution in [0.4, 0.5) is 0 Å². The first kappa shape index (κ1) is 18.4. The summed E-state index contributed by atoms with van der Waals surface area (Å²) in [6.45, 7) is 3.65. The molecule has 82 valence electrons. The lowest BCUT2D eigenvalue weighted by Gasteiger charge is -1.89. The van der Waals surface area contributed by atoms with Gasteiger partial charge in [0, 0.05) is 13.3 Å². The average molecular weight is 236 g/mol. The zero-order valence-electron chi connectivity index (χ0n) is 7.65. The minimum absolute atomic E-state index is 0.211. The molecular weight excluding hydrogens is 222 g/mol. The molecule has 0 saturated carbocycles. The summed E-state index contributed by atoms with van der Waals surface area (Å²) >= 11 is 4.64. The number of nitrogens with two attached hydrogens (primary N) is 1. The first-order valence-corrected chi connectivity index (χ1v) is 5.29. The molecule has 0 rings (SSSR count). The van der Waals surface area contributed by atoms with Gasteiger partial charge in [-0.3, -0.25) is 9.35 Å². The molecule has 0 aromatic carbocycles. The van der Waals surface area contributed by atoms with Gasteiger partial charge in [0.1, 0.15) is 0 Å². The van der Waals surface area contributed by atoms with Gasteiger partial charge >= 0.3 is 16.3 Å². The van der Waals surface area contributed by atoms with Crippen LogP contribution in [0.15, 0.2) is 0 Å². The van der Waals surface area contributed by atoms with Crippen LogP contribution < -0.4 is 5.14 Å². The molecule has 0 saturated heterocycles. The van der Waals surface area contributed by atoms with Crippen LogP contribution in [0.2, 0.25) is 0 Å². The lowest BCUT2D eigenvalue weighted by Crippen LogP contribution is -2.08. The summed E-state index contributed by atoms with van der Waals surface area (Å²) in [6.07, 6.45) is 1.47. The molecule has 0 amide bonds. The predicted molar refractivity (Wildman–Crippen MR) is 49.8 cm³/mol. The summed E-state index contributed by atoms with van der Waals surface area (Å²) in [5.41, 5.74) is 0. The van der Waals surface area contributed by atoms with E-state index in [4.69, 9.17) is 13.0 Å². The van der Waals surface area contributed by atoms with Crippen LogP contribution in [0.5, 0.6) is 0 Å². The van der Waals surface area contributed by atoms with E-state index in [1.54, 1.807) is 6.92 Å². The Morgan fingerprint density at radius 3 is 1.77 bits per heavy atom. The molecule has 0 aromatic heterocycles. The van der Waals surface area contributed by atoms with Crippen molar-refractivity contribution < 1.29 is 22.5 Å². The number of hydrogen-bond acceptors (Lipinski definition) is 4. The van der Waals surface area contributed by atoms with Gasteiger partial charge < -0.3 is 4.74 Å². The molecule has 0 radical (unpaired) electrons. The lowest BCUT2D eigenvalue weighted by atomic mass is 10.8. The molecule has 6 nitrogen and oxygen atoms in total. The van der Waals surface area contributed by atoms with Gasteiger partial charge in [0.15, 0.2) is 0 Å². The smallest absolute Gasteiger partial charge is 0.330 e. The Morgan fingerprint density at radius 2 is 1.77 bits per heavy atom. The van der Waals surface area contributed by atoms with Crippen LogP contribution in [-0.4, -0.2) is 31.9 Å². The van der Waals surface area contributed by atoms with E-state index in [1.165, 1.54) is 13.3 Å². The zero-order chi connectivity index (χ0) is 11.5. The topological polar surface area (TPSA) is 107 Å². The first-order valence-electron chi connectivity index (χ1n) is 3.03. The molecule has 0 heterocycles. The molecule has 0 unspecified atom stereocenters. The number of halogens is 1. The highest BCUT2D eigenvalue weighted by Crippen LogP contribution is 1.69. The monoisotopic (exact) mass is 235 g/mol. The van der Waals surface area contributed by atoms with Crippen molar-refractivity contribution in [3.8, 4) is 0 Å². The molecule has 0 atom stereocenters. The molecule has 8 heteroatoms. The van der Waals surface area contributed by atoms with Crippen molar-refractivity contribution in [2.45, 2.75) is 13.8 Å². The maximum atomic E-state index is 9.82. The average Bonchev–Trinajstić information content (AvgIpc) is 1.87. The van der Waals surface area contributed by atoms with Gasteiger partial charge in [-0.25, -0.2) is 5.14 Å². The van der Waals surface area contributed by atoms with Crippen molar-refractivity contribution in [3.63, 3.8) is 0 Å². The Hall–Kier alpha value is -0.370. The normalized spacial score (nSPS) is 8.46. The Bertz CT molecular complexity index is 195. The number of hydrogen-bond donors (Lipinski definition) is 2. The summed E-state index contributed by atoms with van der Waals surface area (Å²) < 4.78 is 29.6. The molecular formula is C5H14ClNO5S. The second-order valence-electron chi connectivity index (χ2n) is 1.44. The number of rotatable bonds is 1. The Kier molecular flexibility index (Phi) is 16.5. The summed E-state index contributed by atoms with van der Waals surface area (Å²) in [5, 5.41) is 3.88. The van der Waals surface area contributed by atoms with E-state index in [0.29, 0.717) is 6.61 Å². The van der Waals surface area contributed by atoms with E-state index in [1.807, 2.05) is 0 Å².